The number of hydrogen-bond donors (Lipinski definition) is 0. The Kier molecular flexibility index (Phi) is 3.83. The Balaban J connectivity index is 1.58. The van der Waals surface area contributed by atoms with Crippen LogP contribution in [0.2, 0.25) is 5.02 Å². The molecule has 0 aliphatic carbocycles. The van der Waals surface area contributed by atoms with Crippen LogP contribution in [0.1, 0.15) is 5.56 Å². The molecule has 0 spiro atoms. The molecule has 0 N–H and O–H groups in total. The molecule has 1 unspecified atom stereocenters. The molecule has 3 rings (SSSR count). The summed E-state index contributed by atoms with van der Waals surface area (Å²) in [4.78, 5) is 5.75. The number of hydrogen-bond acceptors (Lipinski definition) is 3. The number of pyridine rings is 1. The minimum Gasteiger partial charge on any atom is -0.248 e. The quantitative estimate of drug-likeness (QED) is 0.771. The number of halogens is 1. The molecular formula is C14H12ClNS2. The zero-order valence-corrected chi connectivity index (χ0v) is 12.1. The molecule has 0 saturated carbocycles. The number of fused-ring (bicyclic) bond motifs is 1. The smallest absolute Gasteiger partial charge is 0.0961 e. The highest BCUT2D eigenvalue weighted by molar-refractivity contribution is 8.03. The third-order valence-corrected chi connectivity index (χ3v) is 5.69. The first-order chi connectivity index (χ1) is 8.81. The van der Waals surface area contributed by atoms with Crippen molar-refractivity contribution in [2.24, 2.45) is 0 Å². The Morgan fingerprint density at radius 3 is 2.94 bits per heavy atom. The van der Waals surface area contributed by atoms with Crippen LogP contribution < -0.4 is 0 Å². The van der Waals surface area contributed by atoms with Gasteiger partial charge in [0.05, 0.1) is 10.0 Å². The SMILES string of the molecule is Clc1ccc(SCC2Cc3ccccc3S2)nc1. The summed E-state index contributed by atoms with van der Waals surface area (Å²) in [5.74, 6) is 1.09. The highest BCUT2D eigenvalue weighted by atomic mass is 35.5. The van der Waals surface area contributed by atoms with Crippen molar-refractivity contribution in [2.75, 3.05) is 5.75 Å². The van der Waals surface area contributed by atoms with Gasteiger partial charge in [0.2, 0.25) is 0 Å². The van der Waals surface area contributed by atoms with E-state index >= 15 is 0 Å². The zero-order chi connectivity index (χ0) is 12.4. The summed E-state index contributed by atoms with van der Waals surface area (Å²) in [6.07, 6.45) is 2.88. The van der Waals surface area contributed by atoms with Crippen LogP contribution in [0.4, 0.5) is 0 Å². The summed E-state index contributed by atoms with van der Waals surface area (Å²) >= 11 is 9.61. The average Bonchev–Trinajstić information content (AvgIpc) is 2.81. The Morgan fingerprint density at radius 2 is 2.17 bits per heavy atom. The van der Waals surface area contributed by atoms with Crippen LogP contribution >= 0.6 is 35.1 Å². The number of aromatic nitrogens is 1. The van der Waals surface area contributed by atoms with Gasteiger partial charge in [0.25, 0.3) is 0 Å². The zero-order valence-electron chi connectivity index (χ0n) is 9.67. The summed E-state index contributed by atoms with van der Waals surface area (Å²) in [5, 5.41) is 2.41. The monoisotopic (exact) mass is 293 g/mol. The van der Waals surface area contributed by atoms with E-state index in [9.17, 15) is 0 Å². The van der Waals surface area contributed by atoms with Crippen molar-refractivity contribution in [1.29, 1.82) is 0 Å². The summed E-state index contributed by atoms with van der Waals surface area (Å²) in [7, 11) is 0. The van der Waals surface area contributed by atoms with Gasteiger partial charge in [0.1, 0.15) is 0 Å². The van der Waals surface area contributed by atoms with Gasteiger partial charge in [-0.2, -0.15) is 0 Å². The van der Waals surface area contributed by atoms with E-state index in [2.05, 4.69) is 29.2 Å². The van der Waals surface area contributed by atoms with Crippen molar-refractivity contribution < 1.29 is 0 Å². The topological polar surface area (TPSA) is 12.9 Å². The summed E-state index contributed by atoms with van der Waals surface area (Å²) in [6, 6.07) is 12.6. The maximum absolute atomic E-state index is 5.82. The van der Waals surface area contributed by atoms with E-state index in [1.165, 1.54) is 16.9 Å². The van der Waals surface area contributed by atoms with E-state index in [4.69, 9.17) is 11.6 Å². The van der Waals surface area contributed by atoms with Gasteiger partial charge in [0, 0.05) is 22.1 Å². The molecule has 1 atom stereocenters. The molecule has 2 aromatic rings. The van der Waals surface area contributed by atoms with E-state index < -0.39 is 0 Å². The Hall–Kier alpha value is -0.640. The predicted octanol–water partition coefficient (Wildman–Crippen LogP) is 4.54. The second-order valence-corrected chi connectivity index (χ2v) is 7.00. The fourth-order valence-electron chi connectivity index (χ4n) is 1.97. The first-order valence-electron chi connectivity index (χ1n) is 5.80. The van der Waals surface area contributed by atoms with Gasteiger partial charge < -0.3 is 0 Å². The lowest BCUT2D eigenvalue weighted by molar-refractivity contribution is 0.967. The standard InChI is InChI=1S/C14H12ClNS2/c15-11-5-6-14(16-8-11)17-9-12-7-10-3-1-2-4-13(10)18-12/h1-6,8,12H,7,9H2. The fourth-order valence-corrected chi connectivity index (χ4v) is 4.41. The van der Waals surface area contributed by atoms with Crippen LogP contribution in [0.15, 0.2) is 52.5 Å². The third-order valence-electron chi connectivity index (χ3n) is 2.83. The van der Waals surface area contributed by atoms with Gasteiger partial charge in [-0.05, 0) is 30.2 Å². The van der Waals surface area contributed by atoms with Gasteiger partial charge in [-0.3, -0.25) is 0 Å². The highest BCUT2D eigenvalue weighted by Gasteiger charge is 2.21. The van der Waals surface area contributed by atoms with Crippen molar-refractivity contribution in [1.82, 2.24) is 4.98 Å². The van der Waals surface area contributed by atoms with Crippen molar-refractivity contribution in [2.45, 2.75) is 21.6 Å². The number of nitrogens with zero attached hydrogens (tertiary/aromatic N) is 1. The number of thioether (sulfide) groups is 2. The minimum atomic E-state index is 0.657. The van der Waals surface area contributed by atoms with E-state index in [0.717, 1.165) is 10.8 Å². The van der Waals surface area contributed by atoms with Gasteiger partial charge in [-0.25, -0.2) is 4.98 Å². The molecule has 0 fully saturated rings. The molecule has 0 saturated heterocycles. The number of rotatable bonds is 3. The maximum atomic E-state index is 5.82. The first kappa shape index (κ1) is 12.4. The summed E-state index contributed by atoms with van der Waals surface area (Å²) in [6.45, 7) is 0. The molecule has 1 aliphatic heterocycles. The Morgan fingerprint density at radius 1 is 1.28 bits per heavy atom. The lowest BCUT2D eigenvalue weighted by Gasteiger charge is -2.07. The second-order valence-electron chi connectivity index (χ2n) is 4.18. The highest BCUT2D eigenvalue weighted by Crippen LogP contribution is 2.38. The molecule has 1 aromatic carbocycles. The largest absolute Gasteiger partial charge is 0.248 e. The molecule has 18 heavy (non-hydrogen) atoms. The van der Waals surface area contributed by atoms with Crippen molar-refractivity contribution in [3.63, 3.8) is 0 Å². The molecule has 1 nitrogen and oxygen atoms in total. The van der Waals surface area contributed by atoms with E-state index in [1.807, 2.05) is 23.9 Å². The van der Waals surface area contributed by atoms with Gasteiger partial charge >= 0.3 is 0 Å². The van der Waals surface area contributed by atoms with Crippen LogP contribution in [-0.2, 0) is 6.42 Å². The predicted molar refractivity (Wildman–Crippen MR) is 79.8 cm³/mol. The molecule has 92 valence electrons. The second kappa shape index (κ2) is 5.55. The molecule has 0 amide bonds. The molecule has 2 heterocycles. The van der Waals surface area contributed by atoms with E-state index in [1.54, 1.807) is 18.0 Å². The van der Waals surface area contributed by atoms with Gasteiger partial charge in [0.15, 0.2) is 0 Å². The summed E-state index contributed by atoms with van der Waals surface area (Å²) in [5.41, 5.74) is 1.48. The molecule has 4 heteroatoms. The Labute approximate surface area is 120 Å². The lowest BCUT2D eigenvalue weighted by Crippen LogP contribution is -2.04. The van der Waals surface area contributed by atoms with Crippen molar-refractivity contribution >= 4 is 35.1 Å². The van der Waals surface area contributed by atoms with Gasteiger partial charge in [-0.15, -0.1) is 23.5 Å². The van der Waals surface area contributed by atoms with Crippen LogP contribution in [0.3, 0.4) is 0 Å². The van der Waals surface area contributed by atoms with Crippen molar-refractivity contribution in [3.05, 3.63) is 53.2 Å². The fraction of sp³-hybridized carbons (Fsp3) is 0.214. The molecule has 1 aliphatic rings. The summed E-state index contributed by atoms with van der Waals surface area (Å²) < 4.78 is 0. The van der Waals surface area contributed by atoms with Gasteiger partial charge in [-0.1, -0.05) is 29.8 Å². The van der Waals surface area contributed by atoms with E-state index in [0.29, 0.717) is 10.3 Å². The Bertz CT molecular complexity index is 517. The van der Waals surface area contributed by atoms with Crippen LogP contribution in [0.25, 0.3) is 0 Å². The molecule has 0 radical (unpaired) electrons. The molecular weight excluding hydrogens is 282 g/mol. The van der Waals surface area contributed by atoms with Crippen LogP contribution in [0.5, 0.6) is 0 Å². The third kappa shape index (κ3) is 2.85. The van der Waals surface area contributed by atoms with E-state index in [-0.39, 0.29) is 0 Å². The maximum Gasteiger partial charge on any atom is 0.0961 e. The average molecular weight is 294 g/mol. The van der Waals surface area contributed by atoms with Crippen molar-refractivity contribution in [3.8, 4) is 0 Å². The number of benzene rings is 1. The van der Waals surface area contributed by atoms with Crippen LogP contribution in [-0.4, -0.2) is 16.0 Å². The lowest BCUT2D eigenvalue weighted by atomic mass is 10.1. The molecule has 0 bridgehead atoms. The first-order valence-corrected chi connectivity index (χ1v) is 8.04. The molecule has 1 aromatic heterocycles. The minimum absolute atomic E-state index is 0.657. The normalized spacial score (nSPS) is 17.7. The van der Waals surface area contributed by atoms with Crippen LogP contribution in [0, 0.1) is 0 Å².